The van der Waals surface area contributed by atoms with Gasteiger partial charge in [-0.15, -0.1) is 0 Å². The van der Waals surface area contributed by atoms with Crippen LogP contribution in [0, 0.1) is 0 Å². The highest BCUT2D eigenvalue weighted by Gasteiger charge is 2.44. The molecule has 1 heterocycles. The van der Waals surface area contributed by atoms with Crippen LogP contribution in [0.4, 0.5) is 0 Å². The topological polar surface area (TPSA) is 149 Å². The molecule has 1 aliphatic heterocycles. The molecule has 0 aromatic rings. The number of aliphatic hydroxyl groups excluding tert-OH is 5. The van der Waals surface area contributed by atoms with Crippen LogP contribution in [-0.2, 0) is 14.3 Å². The highest BCUT2D eigenvalue weighted by Crippen LogP contribution is 2.23. The average molecular weight is 1040 g/mol. The van der Waals surface area contributed by atoms with Crippen LogP contribution in [0.3, 0.4) is 0 Å². The van der Waals surface area contributed by atoms with Gasteiger partial charge < -0.3 is 40.3 Å². The third kappa shape index (κ3) is 42.2. The summed E-state index contributed by atoms with van der Waals surface area (Å²) in [5.74, 6) is -0.185. The van der Waals surface area contributed by atoms with Crippen LogP contribution in [0.2, 0.25) is 0 Å². The summed E-state index contributed by atoms with van der Waals surface area (Å²) in [7, 11) is 0. The van der Waals surface area contributed by atoms with Crippen molar-refractivity contribution in [2.24, 2.45) is 0 Å². The zero-order valence-corrected chi connectivity index (χ0v) is 47.3. The molecule has 0 radical (unpaired) electrons. The molecule has 7 unspecified atom stereocenters. The van der Waals surface area contributed by atoms with Gasteiger partial charge >= 0.3 is 0 Å². The van der Waals surface area contributed by atoms with Gasteiger partial charge in [0.1, 0.15) is 24.4 Å². The smallest absolute Gasteiger partial charge is 0.220 e. The van der Waals surface area contributed by atoms with Crippen LogP contribution >= 0.6 is 0 Å². The molecule has 0 aromatic heterocycles. The van der Waals surface area contributed by atoms with E-state index in [1.165, 1.54) is 135 Å². The van der Waals surface area contributed by atoms with Crippen LogP contribution in [0.25, 0.3) is 0 Å². The minimum absolute atomic E-state index is 0.185. The SMILES string of the molecule is CC/C=C\C/C=C\C/C=C\C/C=C\C/C=C\C/C=C\C/C=C\CCCCCCCCCCCC(=O)NC(COC1OC(CO)C(O)C(O)C1O)C(O)/C=C/CCCCCCCCCCCCCCCCCCCC. The molecule has 1 saturated heterocycles. The maximum Gasteiger partial charge on any atom is 0.220 e. The molecule has 74 heavy (non-hydrogen) atoms. The van der Waals surface area contributed by atoms with Crippen molar-refractivity contribution in [1.29, 1.82) is 0 Å². The Morgan fingerprint density at radius 3 is 1.24 bits per heavy atom. The first kappa shape index (κ1) is 69.1. The second-order valence-electron chi connectivity index (χ2n) is 20.8. The lowest BCUT2D eigenvalue weighted by Crippen LogP contribution is -2.60. The molecule has 1 amide bonds. The molecule has 0 saturated carbocycles. The molecular weight excluding hydrogens is 923 g/mol. The van der Waals surface area contributed by atoms with Crippen molar-refractivity contribution in [3.8, 4) is 0 Å². The molecule has 1 aliphatic rings. The molecule has 9 heteroatoms. The van der Waals surface area contributed by atoms with Gasteiger partial charge in [-0.25, -0.2) is 0 Å². The molecule has 7 atom stereocenters. The van der Waals surface area contributed by atoms with Crippen molar-refractivity contribution in [3.63, 3.8) is 0 Å². The molecular formula is C65H113NO8. The molecule has 9 nitrogen and oxygen atoms in total. The predicted octanol–water partition coefficient (Wildman–Crippen LogP) is 15.6. The number of aliphatic hydroxyl groups is 5. The van der Waals surface area contributed by atoms with Gasteiger partial charge in [0.25, 0.3) is 0 Å². The van der Waals surface area contributed by atoms with E-state index in [2.05, 4.69) is 104 Å². The molecule has 0 aliphatic carbocycles. The van der Waals surface area contributed by atoms with E-state index in [9.17, 15) is 30.3 Å². The fourth-order valence-corrected chi connectivity index (χ4v) is 9.14. The zero-order valence-electron chi connectivity index (χ0n) is 47.3. The van der Waals surface area contributed by atoms with Gasteiger partial charge in [-0.1, -0.05) is 265 Å². The summed E-state index contributed by atoms with van der Waals surface area (Å²) in [5, 5.41) is 54.6. The van der Waals surface area contributed by atoms with Crippen LogP contribution < -0.4 is 5.32 Å². The standard InChI is InChI=1S/C65H113NO8/c1-3-5-7-9-11-13-15-17-19-21-23-25-26-27-28-29-30-31-32-33-34-35-37-39-41-43-45-47-49-51-53-55-61(69)66-58(57-73-65-64(72)63(71)62(70)60(56-67)74-65)59(68)54-52-50-48-46-44-42-40-38-36-24-22-20-18-16-14-12-10-8-6-4-2/h5,7,11,13,17,19,23,25,27-28,30-31,33-34,52,54,58-60,62-65,67-68,70-72H,3-4,6,8-10,12,14-16,18,20-22,24,26,29,32,35-51,53,55-57H2,1-2H3,(H,66,69)/b7-5-,13-11-,19-17-,25-23-,28-27-,31-30-,34-33-,54-52+. The van der Waals surface area contributed by atoms with Gasteiger partial charge in [-0.05, 0) is 77.0 Å². The number of unbranched alkanes of at least 4 members (excludes halogenated alkanes) is 27. The molecule has 0 spiro atoms. The summed E-state index contributed by atoms with van der Waals surface area (Å²) in [4.78, 5) is 13.1. The Balaban J connectivity index is 2.22. The van der Waals surface area contributed by atoms with Gasteiger partial charge in [0.05, 0.1) is 25.4 Å². The van der Waals surface area contributed by atoms with E-state index >= 15 is 0 Å². The van der Waals surface area contributed by atoms with E-state index in [4.69, 9.17) is 9.47 Å². The maximum absolute atomic E-state index is 13.1. The molecule has 0 bridgehead atoms. The fourth-order valence-electron chi connectivity index (χ4n) is 9.14. The van der Waals surface area contributed by atoms with Crippen LogP contribution in [0.1, 0.15) is 251 Å². The molecule has 426 valence electrons. The normalized spacial score (nSPS) is 19.7. The summed E-state index contributed by atoms with van der Waals surface area (Å²) < 4.78 is 11.3. The summed E-state index contributed by atoms with van der Waals surface area (Å²) in [6.45, 7) is 3.67. The third-order valence-electron chi connectivity index (χ3n) is 13.9. The van der Waals surface area contributed by atoms with Crippen molar-refractivity contribution in [2.75, 3.05) is 13.2 Å². The Morgan fingerprint density at radius 1 is 0.473 bits per heavy atom. The first-order valence-electron chi connectivity index (χ1n) is 30.5. The first-order valence-corrected chi connectivity index (χ1v) is 30.5. The lowest BCUT2D eigenvalue weighted by Gasteiger charge is -2.40. The Labute approximate surface area is 453 Å². The van der Waals surface area contributed by atoms with E-state index in [1.807, 2.05) is 6.08 Å². The van der Waals surface area contributed by atoms with E-state index < -0.39 is 49.5 Å². The second kappa shape index (κ2) is 53.5. The zero-order chi connectivity index (χ0) is 53.6. The quantitative estimate of drug-likeness (QED) is 0.0261. The van der Waals surface area contributed by atoms with Crippen LogP contribution in [-0.4, -0.2) is 87.5 Å². The van der Waals surface area contributed by atoms with E-state index in [0.717, 1.165) is 96.3 Å². The Hall–Kier alpha value is -2.89. The predicted molar refractivity (Wildman–Crippen MR) is 313 cm³/mol. The van der Waals surface area contributed by atoms with Gasteiger partial charge in [0, 0.05) is 6.42 Å². The van der Waals surface area contributed by atoms with Gasteiger partial charge in [0.2, 0.25) is 5.91 Å². The molecule has 1 rings (SSSR count). The molecule has 1 fully saturated rings. The minimum atomic E-state index is -1.57. The van der Waals surface area contributed by atoms with Crippen molar-refractivity contribution in [3.05, 3.63) is 97.2 Å². The number of hydrogen-bond acceptors (Lipinski definition) is 8. The van der Waals surface area contributed by atoms with E-state index in [-0.39, 0.29) is 12.5 Å². The minimum Gasteiger partial charge on any atom is -0.394 e. The molecule has 6 N–H and O–H groups in total. The van der Waals surface area contributed by atoms with Crippen molar-refractivity contribution in [1.82, 2.24) is 5.32 Å². The Morgan fingerprint density at radius 2 is 0.838 bits per heavy atom. The Bertz CT molecular complexity index is 1480. The van der Waals surface area contributed by atoms with Gasteiger partial charge in [-0.3, -0.25) is 4.79 Å². The summed E-state index contributed by atoms with van der Waals surface area (Å²) in [6.07, 6.45) is 70.4. The van der Waals surface area contributed by atoms with Crippen molar-refractivity contribution in [2.45, 2.75) is 294 Å². The fraction of sp³-hybridized carbons (Fsp3) is 0.738. The average Bonchev–Trinajstić information content (AvgIpc) is 3.40. The number of ether oxygens (including phenoxy) is 2. The lowest BCUT2D eigenvalue weighted by atomic mass is 9.99. The first-order chi connectivity index (χ1) is 36.3. The monoisotopic (exact) mass is 1040 g/mol. The number of amides is 1. The number of allylic oxidation sites excluding steroid dienone is 15. The van der Waals surface area contributed by atoms with E-state index in [0.29, 0.717) is 6.42 Å². The third-order valence-corrected chi connectivity index (χ3v) is 13.9. The van der Waals surface area contributed by atoms with E-state index in [1.54, 1.807) is 6.08 Å². The largest absolute Gasteiger partial charge is 0.394 e. The summed E-state index contributed by atoms with van der Waals surface area (Å²) in [5.41, 5.74) is 0. The van der Waals surface area contributed by atoms with Crippen LogP contribution in [0.15, 0.2) is 97.2 Å². The number of hydrogen-bond donors (Lipinski definition) is 6. The lowest BCUT2D eigenvalue weighted by molar-refractivity contribution is -0.302. The Kier molecular flexibility index (Phi) is 50.0. The number of carbonyl (C=O) groups is 1. The number of nitrogens with one attached hydrogen (secondary N) is 1. The van der Waals surface area contributed by atoms with Gasteiger partial charge in [-0.2, -0.15) is 0 Å². The van der Waals surface area contributed by atoms with Crippen LogP contribution in [0.5, 0.6) is 0 Å². The highest BCUT2D eigenvalue weighted by atomic mass is 16.7. The number of rotatable bonds is 51. The summed E-state index contributed by atoms with van der Waals surface area (Å²) >= 11 is 0. The number of carbonyl (C=O) groups excluding carboxylic acids is 1. The van der Waals surface area contributed by atoms with Crippen molar-refractivity contribution >= 4 is 5.91 Å². The van der Waals surface area contributed by atoms with Gasteiger partial charge in [0.15, 0.2) is 6.29 Å². The van der Waals surface area contributed by atoms with Crippen molar-refractivity contribution < 1.29 is 39.8 Å². The second-order valence-corrected chi connectivity index (χ2v) is 20.8. The highest BCUT2D eigenvalue weighted by molar-refractivity contribution is 5.76. The maximum atomic E-state index is 13.1. The summed E-state index contributed by atoms with van der Waals surface area (Å²) in [6, 6.07) is -0.815. The molecule has 0 aromatic carbocycles.